The maximum Gasteiger partial charge on any atom is 0.323 e. The number of benzene rings is 1. The van der Waals surface area contributed by atoms with E-state index < -0.39 is 10.7 Å². The van der Waals surface area contributed by atoms with Crippen LogP contribution in [0, 0.1) is 5.92 Å². The number of aliphatic carboxylic acids is 1. The number of carboxylic acid groups (broad SMARTS) is 1. The molecule has 0 aliphatic heterocycles. The Hall–Kier alpha value is -2.06. The van der Waals surface area contributed by atoms with Crippen molar-refractivity contribution >= 4 is 40.2 Å². The fourth-order valence-electron chi connectivity index (χ4n) is 3.72. The third-order valence-electron chi connectivity index (χ3n) is 5.74. The smallest absolute Gasteiger partial charge is 0.323 e. The van der Waals surface area contributed by atoms with Crippen LogP contribution in [0.15, 0.2) is 40.7 Å². The first-order valence-corrected chi connectivity index (χ1v) is 12.4. The topological polar surface area (TPSA) is 82.5 Å². The summed E-state index contributed by atoms with van der Waals surface area (Å²) >= 11 is 2.55. The molecular weight excluding hydrogens is 430 g/mol. The number of carboxylic acids is 1. The number of aromatic nitrogens is 1. The van der Waals surface area contributed by atoms with Crippen molar-refractivity contribution in [3.05, 3.63) is 42.1 Å². The molecule has 1 saturated carbocycles. The van der Waals surface area contributed by atoms with E-state index in [1.54, 1.807) is 20.0 Å². The van der Waals surface area contributed by atoms with Crippen LogP contribution in [0.1, 0.15) is 52.0 Å². The average Bonchev–Trinajstić information content (AvgIpc) is 3.16. The van der Waals surface area contributed by atoms with Crippen LogP contribution in [0.5, 0.6) is 0 Å². The van der Waals surface area contributed by atoms with E-state index in [2.05, 4.69) is 29.4 Å². The Balaban J connectivity index is 1.67. The number of nitrogens with zero attached hydrogens (tertiary/aromatic N) is 2. The van der Waals surface area contributed by atoms with Gasteiger partial charge in [0.15, 0.2) is 5.13 Å². The highest BCUT2D eigenvalue weighted by Gasteiger charge is 2.30. The molecule has 168 valence electrons. The fraction of sp³-hybridized carbons (Fsp3) is 0.522. The molecule has 1 aliphatic carbocycles. The maximum absolute atomic E-state index is 13.2. The van der Waals surface area contributed by atoms with Gasteiger partial charge < -0.3 is 10.0 Å². The zero-order valence-electron chi connectivity index (χ0n) is 18.3. The minimum atomic E-state index is -0.950. The molecule has 1 fully saturated rings. The van der Waals surface area contributed by atoms with E-state index in [4.69, 9.17) is 0 Å². The minimum absolute atomic E-state index is 0.126. The lowest BCUT2D eigenvalue weighted by Crippen LogP contribution is -2.45. The van der Waals surface area contributed by atoms with Gasteiger partial charge in [0.2, 0.25) is 0 Å². The second kappa shape index (κ2) is 10.5. The predicted molar refractivity (Wildman–Crippen MR) is 127 cm³/mol. The van der Waals surface area contributed by atoms with Crippen LogP contribution in [-0.2, 0) is 11.2 Å². The number of carbonyl (C=O) groups is 2. The number of hydrogen-bond donors (Lipinski definition) is 2. The van der Waals surface area contributed by atoms with Crippen LogP contribution in [0.3, 0.4) is 0 Å². The molecule has 0 spiro atoms. The summed E-state index contributed by atoms with van der Waals surface area (Å²) < 4.78 is -0.182. The van der Waals surface area contributed by atoms with Gasteiger partial charge in [-0.15, -0.1) is 0 Å². The van der Waals surface area contributed by atoms with Gasteiger partial charge in [0.05, 0.1) is 10.4 Å². The van der Waals surface area contributed by atoms with Crippen LogP contribution in [0.2, 0.25) is 0 Å². The Kier molecular flexibility index (Phi) is 8.00. The van der Waals surface area contributed by atoms with Gasteiger partial charge in [0.25, 0.3) is 0 Å². The Labute approximate surface area is 192 Å². The third kappa shape index (κ3) is 6.71. The van der Waals surface area contributed by atoms with Crippen molar-refractivity contribution < 1.29 is 14.7 Å². The quantitative estimate of drug-likeness (QED) is 0.489. The molecule has 1 aliphatic rings. The first-order chi connectivity index (χ1) is 14.7. The summed E-state index contributed by atoms with van der Waals surface area (Å²) in [5.74, 6) is -0.165. The van der Waals surface area contributed by atoms with Crippen LogP contribution in [0.4, 0.5) is 9.93 Å². The van der Waals surface area contributed by atoms with Crippen molar-refractivity contribution in [1.82, 2.24) is 9.88 Å². The maximum atomic E-state index is 13.2. The number of nitrogens with one attached hydrogen (secondary N) is 1. The van der Waals surface area contributed by atoms with E-state index in [0.717, 1.165) is 36.3 Å². The van der Waals surface area contributed by atoms with E-state index in [-0.39, 0.29) is 12.1 Å². The normalized spacial score (nSPS) is 19.1. The van der Waals surface area contributed by atoms with Crippen LogP contribution in [-0.4, -0.2) is 44.3 Å². The summed E-state index contributed by atoms with van der Waals surface area (Å²) in [6.45, 7) is 6.26. The van der Waals surface area contributed by atoms with Gasteiger partial charge in [-0.05, 0) is 57.4 Å². The molecule has 1 heterocycles. The van der Waals surface area contributed by atoms with Crippen LogP contribution >= 0.6 is 23.1 Å². The molecule has 0 atom stereocenters. The van der Waals surface area contributed by atoms with Crippen LogP contribution < -0.4 is 5.32 Å². The Morgan fingerprint density at radius 1 is 1.23 bits per heavy atom. The van der Waals surface area contributed by atoms with Crippen LogP contribution in [0.25, 0.3) is 0 Å². The monoisotopic (exact) mass is 461 g/mol. The van der Waals surface area contributed by atoms with Gasteiger partial charge in [0.1, 0.15) is 4.75 Å². The van der Waals surface area contributed by atoms with Gasteiger partial charge in [-0.2, -0.15) is 0 Å². The number of hydrogen-bond acceptors (Lipinski definition) is 5. The molecule has 1 aromatic carbocycles. The second-order valence-electron chi connectivity index (χ2n) is 8.67. The standard InChI is InChI=1S/C23H31N3O3S2/c1-16-9-11-18(12-10-16)26(14-13-17-7-5-4-6-8-17)22(29)25-21-24-15-19(30-21)31-23(2,3)20(27)28/h4-8,15-16,18H,9-14H2,1-3H3,(H,27,28)(H,24,25,29). The highest BCUT2D eigenvalue weighted by Crippen LogP contribution is 2.37. The number of amides is 2. The van der Waals surface area contributed by atoms with Gasteiger partial charge >= 0.3 is 12.0 Å². The van der Waals surface area contributed by atoms with Crippen molar-refractivity contribution in [2.45, 2.75) is 67.9 Å². The van der Waals surface area contributed by atoms with Gasteiger partial charge in [-0.1, -0.05) is 60.4 Å². The molecule has 0 unspecified atom stereocenters. The first-order valence-electron chi connectivity index (χ1n) is 10.7. The van der Waals surface area contributed by atoms with Crippen molar-refractivity contribution in [3.63, 3.8) is 0 Å². The largest absolute Gasteiger partial charge is 0.480 e. The van der Waals surface area contributed by atoms with E-state index >= 15 is 0 Å². The highest BCUT2D eigenvalue weighted by atomic mass is 32.2. The second-order valence-corrected chi connectivity index (χ2v) is 11.6. The molecular formula is C23H31N3O3S2. The van der Waals surface area contributed by atoms with Gasteiger partial charge in [0, 0.05) is 12.6 Å². The van der Waals surface area contributed by atoms with E-state index in [1.807, 2.05) is 23.1 Å². The van der Waals surface area contributed by atoms with E-state index in [0.29, 0.717) is 17.6 Å². The zero-order valence-corrected chi connectivity index (χ0v) is 20.0. The van der Waals surface area contributed by atoms with E-state index in [9.17, 15) is 14.7 Å². The minimum Gasteiger partial charge on any atom is -0.480 e. The Morgan fingerprint density at radius 3 is 2.55 bits per heavy atom. The molecule has 8 heteroatoms. The predicted octanol–water partition coefficient (Wildman–Crippen LogP) is 5.75. The molecule has 1 aromatic heterocycles. The Bertz CT molecular complexity index is 877. The summed E-state index contributed by atoms with van der Waals surface area (Å²) in [6, 6.07) is 10.3. The zero-order chi connectivity index (χ0) is 22.4. The van der Waals surface area contributed by atoms with Gasteiger partial charge in [-0.25, -0.2) is 9.78 Å². The lowest BCUT2D eigenvalue weighted by Gasteiger charge is -2.36. The van der Waals surface area contributed by atoms with E-state index in [1.165, 1.54) is 28.7 Å². The molecule has 0 saturated heterocycles. The van der Waals surface area contributed by atoms with Gasteiger partial charge in [-0.3, -0.25) is 10.1 Å². The van der Waals surface area contributed by atoms with Crippen molar-refractivity contribution in [1.29, 1.82) is 0 Å². The molecule has 0 bridgehead atoms. The summed E-state index contributed by atoms with van der Waals surface area (Å²) in [5, 5.41) is 12.8. The van der Waals surface area contributed by atoms with Crippen molar-refractivity contribution in [3.8, 4) is 0 Å². The molecule has 0 radical (unpaired) electrons. The fourth-order valence-corrected chi connectivity index (χ4v) is 5.98. The lowest BCUT2D eigenvalue weighted by molar-refractivity contribution is -0.138. The molecule has 2 amide bonds. The number of urea groups is 1. The molecule has 2 N–H and O–H groups in total. The molecule has 6 nitrogen and oxygen atoms in total. The number of carbonyl (C=O) groups excluding carboxylic acids is 1. The number of rotatable bonds is 8. The first kappa shape index (κ1) is 23.6. The molecule has 31 heavy (non-hydrogen) atoms. The number of thioether (sulfide) groups is 1. The van der Waals surface area contributed by atoms with Crippen molar-refractivity contribution in [2.75, 3.05) is 11.9 Å². The average molecular weight is 462 g/mol. The summed E-state index contributed by atoms with van der Waals surface area (Å²) in [6.07, 6.45) is 6.77. The third-order valence-corrected chi connectivity index (χ3v) is 7.94. The summed E-state index contributed by atoms with van der Waals surface area (Å²) in [4.78, 5) is 30.8. The Morgan fingerprint density at radius 2 is 1.90 bits per heavy atom. The highest BCUT2D eigenvalue weighted by molar-refractivity contribution is 8.03. The summed E-state index contributed by atoms with van der Waals surface area (Å²) in [5.41, 5.74) is 1.22. The number of anilines is 1. The SMILES string of the molecule is CC1CCC(N(CCc2ccccc2)C(=O)Nc2ncc(SC(C)(C)C(=O)O)s2)CC1. The summed E-state index contributed by atoms with van der Waals surface area (Å²) in [7, 11) is 0. The molecule has 3 rings (SSSR count). The molecule has 2 aromatic rings. The van der Waals surface area contributed by atoms with Crippen molar-refractivity contribution in [2.24, 2.45) is 5.92 Å². The lowest BCUT2D eigenvalue weighted by atomic mass is 9.86. The number of thiazole rings is 1.